The first-order valence-electron chi connectivity index (χ1n) is 9.40. The minimum Gasteiger partial charge on any atom is -0.338 e. The number of urea groups is 1. The van der Waals surface area contributed by atoms with Crippen LogP contribution in [-0.4, -0.2) is 30.6 Å². The van der Waals surface area contributed by atoms with Crippen molar-refractivity contribution in [2.45, 2.75) is 33.7 Å². The summed E-state index contributed by atoms with van der Waals surface area (Å²) in [4.78, 5) is 14.7. The lowest BCUT2D eigenvalue weighted by molar-refractivity contribution is 0.249. The SMILES string of the molecule is Cc1ccc(CN2CC[C@H](CNC(=O)Nc3c(C)cccc3C)C2)cc1. The lowest BCUT2D eigenvalue weighted by atomic mass is 10.1. The van der Waals surface area contributed by atoms with Gasteiger partial charge in [-0.3, -0.25) is 4.90 Å². The van der Waals surface area contributed by atoms with Crippen molar-refractivity contribution < 1.29 is 4.79 Å². The standard InChI is InChI=1S/C22H29N3O/c1-16-7-9-19(10-8-16)14-25-12-11-20(15-25)13-23-22(26)24-21-17(2)5-4-6-18(21)3/h4-10,20H,11-15H2,1-3H3,(H2,23,24,26)/t20-/m1/s1. The number of nitrogens with one attached hydrogen (secondary N) is 2. The molecule has 1 aliphatic rings. The van der Waals surface area contributed by atoms with E-state index in [1.807, 2.05) is 32.0 Å². The van der Waals surface area contributed by atoms with Gasteiger partial charge >= 0.3 is 6.03 Å². The highest BCUT2D eigenvalue weighted by atomic mass is 16.2. The summed E-state index contributed by atoms with van der Waals surface area (Å²) in [5.41, 5.74) is 5.75. The van der Waals surface area contributed by atoms with E-state index in [1.54, 1.807) is 0 Å². The van der Waals surface area contributed by atoms with E-state index in [1.165, 1.54) is 11.1 Å². The summed E-state index contributed by atoms with van der Waals surface area (Å²) in [6.07, 6.45) is 1.13. The van der Waals surface area contributed by atoms with Crippen molar-refractivity contribution in [1.29, 1.82) is 0 Å². The van der Waals surface area contributed by atoms with Crippen LogP contribution in [0.2, 0.25) is 0 Å². The van der Waals surface area contributed by atoms with Crippen LogP contribution in [0.15, 0.2) is 42.5 Å². The molecule has 1 saturated heterocycles. The molecule has 1 heterocycles. The number of hydrogen-bond donors (Lipinski definition) is 2. The highest BCUT2D eigenvalue weighted by molar-refractivity contribution is 5.90. The number of aryl methyl sites for hydroxylation is 3. The molecule has 1 fully saturated rings. The molecule has 0 bridgehead atoms. The summed E-state index contributed by atoms with van der Waals surface area (Å²) >= 11 is 0. The van der Waals surface area contributed by atoms with Crippen molar-refractivity contribution in [3.8, 4) is 0 Å². The van der Waals surface area contributed by atoms with Crippen molar-refractivity contribution in [3.05, 3.63) is 64.7 Å². The first-order valence-corrected chi connectivity index (χ1v) is 9.40. The van der Waals surface area contributed by atoms with Gasteiger partial charge in [0.2, 0.25) is 0 Å². The second kappa shape index (κ2) is 8.37. The van der Waals surface area contributed by atoms with Crippen LogP contribution in [0, 0.1) is 26.7 Å². The monoisotopic (exact) mass is 351 g/mol. The van der Waals surface area contributed by atoms with E-state index >= 15 is 0 Å². The van der Waals surface area contributed by atoms with Gasteiger partial charge in [-0.15, -0.1) is 0 Å². The molecule has 0 aromatic heterocycles. The third-order valence-corrected chi connectivity index (χ3v) is 5.17. The van der Waals surface area contributed by atoms with Crippen LogP contribution in [0.3, 0.4) is 0 Å². The number of nitrogens with zero attached hydrogens (tertiary/aromatic N) is 1. The Labute approximate surface area is 156 Å². The number of amides is 2. The smallest absolute Gasteiger partial charge is 0.319 e. The zero-order valence-corrected chi connectivity index (χ0v) is 16.0. The number of hydrogen-bond acceptors (Lipinski definition) is 2. The molecular weight excluding hydrogens is 322 g/mol. The van der Waals surface area contributed by atoms with E-state index < -0.39 is 0 Å². The van der Waals surface area contributed by atoms with Gasteiger partial charge in [0, 0.05) is 25.3 Å². The Balaban J connectivity index is 1.44. The second-order valence-electron chi connectivity index (χ2n) is 7.48. The van der Waals surface area contributed by atoms with Crippen molar-refractivity contribution >= 4 is 11.7 Å². The molecule has 0 radical (unpaired) electrons. The van der Waals surface area contributed by atoms with Gasteiger partial charge < -0.3 is 10.6 Å². The first-order chi connectivity index (χ1) is 12.5. The number of carbonyl (C=O) groups is 1. The molecule has 4 heteroatoms. The van der Waals surface area contributed by atoms with Gasteiger partial charge in [-0.05, 0) is 56.3 Å². The number of likely N-dealkylation sites (tertiary alicyclic amines) is 1. The molecule has 138 valence electrons. The third-order valence-electron chi connectivity index (χ3n) is 5.17. The maximum absolute atomic E-state index is 12.2. The lowest BCUT2D eigenvalue weighted by Gasteiger charge is -2.17. The Morgan fingerprint density at radius 3 is 2.46 bits per heavy atom. The molecule has 2 N–H and O–H groups in total. The highest BCUT2D eigenvalue weighted by Gasteiger charge is 2.22. The number of carbonyl (C=O) groups excluding carboxylic acids is 1. The Morgan fingerprint density at radius 1 is 1.08 bits per heavy atom. The van der Waals surface area contributed by atoms with Crippen LogP contribution < -0.4 is 10.6 Å². The van der Waals surface area contributed by atoms with E-state index in [-0.39, 0.29) is 6.03 Å². The van der Waals surface area contributed by atoms with E-state index in [0.29, 0.717) is 5.92 Å². The molecule has 26 heavy (non-hydrogen) atoms. The maximum atomic E-state index is 12.2. The van der Waals surface area contributed by atoms with Gasteiger partial charge in [-0.1, -0.05) is 48.0 Å². The van der Waals surface area contributed by atoms with E-state index in [9.17, 15) is 4.79 Å². The van der Waals surface area contributed by atoms with Crippen LogP contribution >= 0.6 is 0 Å². The van der Waals surface area contributed by atoms with Gasteiger partial charge in [-0.25, -0.2) is 4.79 Å². The summed E-state index contributed by atoms with van der Waals surface area (Å²) in [5, 5.41) is 6.04. The van der Waals surface area contributed by atoms with Crippen molar-refractivity contribution in [2.24, 2.45) is 5.92 Å². The minimum atomic E-state index is -0.112. The van der Waals surface area contributed by atoms with Crippen LogP contribution in [0.25, 0.3) is 0 Å². The number of rotatable bonds is 5. The van der Waals surface area contributed by atoms with Crippen molar-refractivity contribution in [3.63, 3.8) is 0 Å². The van der Waals surface area contributed by atoms with Crippen molar-refractivity contribution in [2.75, 3.05) is 25.0 Å². The summed E-state index contributed by atoms with van der Waals surface area (Å²) in [7, 11) is 0. The number of benzene rings is 2. The molecule has 0 spiro atoms. The average Bonchev–Trinajstić information content (AvgIpc) is 3.06. The van der Waals surface area contributed by atoms with Crippen LogP contribution in [-0.2, 0) is 6.54 Å². The molecule has 2 amide bonds. The zero-order valence-electron chi connectivity index (χ0n) is 16.0. The minimum absolute atomic E-state index is 0.112. The zero-order chi connectivity index (χ0) is 18.5. The van der Waals surface area contributed by atoms with Gasteiger partial charge in [-0.2, -0.15) is 0 Å². The summed E-state index contributed by atoms with van der Waals surface area (Å²) in [6, 6.07) is 14.7. The summed E-state index contributed by atoms with van der Waals surface area (Å²) in [5.74, 6) is 0.518. The molecule has 0 saturated carbocycles. The fourth-order valence-electron chi connectivity index (χ4n) is 3.58. The largest absolute Gasteiger partial charge is 0.338 e. The molecular formula is C22H29N3O. The molecule has 1 atom stereocenters. The molecule has 2 aromatic rings. The summed E-state index contributed by atoms with van der Waals surface area (Å²) in [6.45, 7) is 10.00. The normalized spacial score (nSPS) is 17.3. The second-order valence-corrected chi connectivity index (χ2v) is 7.48. The predicted molar refractivity (Wildman–Crippen MR) is 108 cm³/mol. The van der Waals surface area contributed by atoms with Crippen LogP contribution in [0.4, 0.5) is 10.5 Å². The highest BCUT2D eigenvalue weighted by Crippen LogP contribution is 2.20. The number of anilines is 1. The van der Waals surface area contributed by atoms with Crippen molar-refractivity contribution in [1.82, 2.24) is 10.2 Å². The Bertz CT molecular complexity index is 734. The maximum Gasteiger partial charge on any atom is 0.319 e. The first kappa shape index (κ1) is 18.5. The van der Waals surface area contributed by atoms with Gasteiger partial charge in [0.15, 0.2) is 0 Å². The molecule has 0 aliphatic carbocycles. The summed E-state index contributed by atoms with van der Waals surface area (Å²) < 4.78 is 0. The Hall–Kier alpha value is -2.33. The molecule has 2 aromatic carbocycles. The molecule has 1 aliphatic heterocycles. The fourth-order valence-corrected chi connectivity index (χ4v) is 3.58. The van der Waals surface area contributed by atoms with Gasteiger partial charge in [0.1, 0.15) is 0 Å². The predicted octanol–water partition coefficient (Wildman–Crippen LogP) is 4.26. The molecule has 4 nitrogen and oxygen atoms in total. The van der Waals surface area contributed by atoms with E-state index in [2.05, 4.69) is 46.7 Å². The van der Waals surface area contributed by atoms with E-state index in [4.69, 9.17) is 0 Å². The lowest BCUT2D eigenvalue weighted by Crippen LogP contribution is -2.34. The van der Waals surface area contributed by atoms with Gasteiger partial charge in [0.05, 0.1) is 0 Å². The average molecular weight is 351 g/mol. The topological polar surface area (TPSA) is 44.4 Å². The van der Waals surface area contributed by atoms with Gasteiger partial charge in [0.25, 0.3) is 0 Å². The fraction of sp³-hybridized carbons (Fsp3) is 0.409. The van der Waals surface area contributed by atoms with Crippen LogP contribution in [0.5, 0.6) is 0 Å². The third kappa shape index (κ3) is 4.85. The Kier molecular flexibility index (Phi) is 5.94. The number of para-hydroxylation sites is 1. The van der Waals surface area contributed by atoms with E-state index in [0.717, 1.165) is 49.4 Å². The molecule has 0 unspecified atom stereocenters. The molecule has 3 rings (SSSR count). The van der Waals surface area contributed by atoms with Crippen LogP contribution in [0.1, 0.15) is 28.7 Å². The Morgan fingerprint density at radius 2 is 1.77 bits per heavy atom. The quantitative estimate of drug-likeness (QED) is 0.845.